The lowest BCUT2D eigenvalue weighted by atomic mass is 10.0. The van der Waals surface area contributed by atoms with Gasteiger partial charge in [-0.2, -0.15) is 0 Å². The summed E-state index contributed by atoms with van der Waals surface area (Å²) in [5.74, 6) is -0.424. The Kier molecular flexibility index (Phi) is 53.9. The van der Waals surface area contributed by atoms with Gasteiger partial charge in [0.1, 0.15) is 6.61 Å². The third kappa shape index (κ3) is 53.7. The first-order chi connectivity index (χ1) is 32.6. The molecule has 5 nitrogen and oxygen atoms in total. The molecule has 0 bridgehead atoms. The van der Waals surface area contributed by atoms with Gasteiger partial charge in [0, 0.05) is 19.4 Å². The van der Waals surface area contributed by atoms with Crippen LogP contribution in [0.5, 0.6) is 0 Å². The summed E-state index contributed by atoms with van der Waals surface area (Å²) in [6.07, 6.45) is 74.6. The Morgan fingerprint density at radius 3 is 1.12 bits per heavy atom. The van der Waals surface area contributed by atoms with Gasteiger partial charge in [-0.05, 0) is 96.3 Å². The minimum Gasteiger partial charge on any atom is -0.462 e. The summed E-state index contributed by atoms with van der Waals surface area (Å²) in [5.41, 5.74) is 0. The van der Waals surface area contributed by atoms with Crippen molar-refractivity contribution in [3.63, 3.8) is 0 Å². The highest BCUT2D eigenvalue weighted by atomic mass is 16.6. The molecule has 5 heteroatoms. The first-order valence-electron chi connectivity index (χ1n) is 28.1. The van der Waals surface area contributed by atoms with E-state index in [1.165, 1.54) is 141 Å². The molecule has 0 aromatic heterocycles. The molecule has 0 rings (SSSR count). The Bertz CT molecular complexity index is 1220. The number of esters is 2. The van der Waals surface area contributed by atoms with E-state index in [1.807, 2.05) is 0 Å². The lowest BCUT2D eigenvalue weighted by molar-refractivity contribution is -0.163. The lowest BCUT2D eigenvalue weighted by Crippen LogP contribution is -2.30. The van der Waals surface area contributed by atoms with E-state index in [2.05, 4.69) is 106 Å². The van der Waals surface area contributed by atoms with E-state index in [1.54, 1.807) is 0 Å². The van der Waals surface area contributed by atoms with Crippen LogP contribution in [0.2, 0.25) is 0 Å². The van der Waals surface area contributed by atoms with Crippen molar-refractivity contribution < 1.29 is 23.8 Å². The monoisotopic (exact) mass is 919 g/mol. The Morgan fingerprint density at radius 1 is 0.348 bits per heavy atom. The molecule has 0 aliphatic carbocycles. The Morgan fingerprint density at radius 2 is 0.682 bits per heavy atom. The maximum atomic E-state index is 12.8. The first-order valence-corrected chi connectivity index (χ1v) is 28.1. The standard InChI is InChI=1S/C61H106O5/c1-4-7-10-13-16-19-22-25-28-30-32-35-38-41-44-47-50-53-56-64-57-59(66-61(63)55-52-49-46-43-40-37-33-27-24-21-18-15-12-9-6-3)58-65-60(62)54-51-48-45-42-39-36-34-31-29-26-23-20-17-14-11-8-5-2/h7,10,16-17,19-20,25-26,28-29,32,35,41,44,59H,4-6,8-9,11-15,18,21-24,27,30-31,33-34,36-40,42-43,45-58H2,1-3H3/b10-7-,19-16-,20-17-,28-25-,29-26-,35-32-,44-41-. The number of allylic oxidation sites excluding steroid dienone is 14. The van der Waals surface area contributed by atoms with E-state index in [-0.39, 0.29) is 25.2 Å². The Labute approximate surface area is 409 Å². The van der Waals surface area contributed by atoms with Crippen molar-refractivity contribution in [2.24, 2.45) is 0 Å². The van der Waals surface area contributed by atoms with Crippen molar-refractivity contribution >= 4 is 11.9 Å². The summed E-state index contributed by atoms with van der Waals surface area (Å²) in [6, 6.07) is 0. The van der Waals surface area contributed by atoms with Gasteiger partial charge < -0.3 is 14.2 Å². The van der Waals surface area contributed by atoms with Crippen molar-refractivity contribution in [2.75, 3.05) is 19.8 Å². The second-order valence-corrected chi connectivity index (χ2v) is 18.5. The molecule has 0 spiro atoms. The summed E-state index contributed by atoms with van der Waals surface area (Å²) < 4.78 is 17.4. The molecule has 0 fully saturated rings. The molecule has 0 amide bonds. The highest BCUT2D eigenvalue weighted by molar-refractivity contribution is 5.70. The molecular formula is C61H106O5. The predicted molar refractivity (Wildman–Crippen MR) is 288 cm³/mol. The average molecular weight is 920 g/mol. The Hall–Kier alpha value is -2.92. The summed E-state index contributed by atoms with van der Waals surface area (Å²) in [6.45, 7) is 7.61. The number of ether oxygens (including phenoxy) is 3. The smallest absolute Gasteiger partial charge is 0.306 e. The number of carbonyl (C=O) groups is 2. The number of rotatable bonds is 51. The third-order valence-electron chi connectivity index (χ3n) is 11.9. The summed E-state index contributed by atoms with van der Waals surface area (Å²) >= 11 is 0. The van der Waals surface area contributed by atoms with E-state index in [9.17, 15) is 9.59 Å². The molecule has 0 N–H and O–H groups in total. The highest BCUT2D eigenvalue weighted by Crippen LogP contribution is 2.15. The third-order valence-corrected chi connectivity index (χ3v) is 11.9. The van der Waals surface area contributed by atoms with Gasteiger partial charge in [0.25, 0.3) is 0 Å². The van der Waals surface area contributed by atoms with Crippen LogP contribution in [0.4, 0.5) is 0 Å². The molecule has 380 valence electrons. The highest BCUT2D eigenvalue weighted by Gasteiger charge is 2.17. The normalized spacial score (nSPS) is 12.8. The zero-order chi connectivity index (χ0) is 47.7. The van der Waals surface area contributed by atoms with E-state index in [4.69, 9.17) is 14.2 Å². The van der Waals surface area contributed by atoms with Crippen molar-refractivity contribution in [2.45, 2.75) is 271 Å². The molecule has 0 radical (unpaired) electrons. The van der Waals surface area contributed by atoms with Gasteiger partial charge in [-0.1, -0.05) is 241 Å². The van der Waals surface area contributed by atoms with Gasteiger partial charge in [0.15, 0.2) is 6.10 Å². The van der Waals surface area contributed by atoms with E-state index >= 15 is 0 Å². The minimum absolute atomic E-state index is 0.0627. The van der Waals surface area contributed by atoms with Gasteiger partial charge in [-0.15, -0.1) is 0 Å². The molecule has 0 aliphatic rings. The Balaban J connectivity index is 4.36. The summed E-state index contributed by atoms with van der Waals surface area (Å²) in [5, 5.41) is 0. The van der Waals surface area contributed by atoms with Gasteiger partial charge in [0.2, 0.25) is 0 Å². The maximum absolute atomic E-state index is 12.8. The molecular weight excluding hydrogens is 813 g/mol. The minimum atomic E-state index is -0.564. The SMILES string of the molecule is CC/C=C\C/C=C\C/C=C\C/C=C\C/C=C\CCCCOCC(COC(=O)CCCCCCCCC/C=C\C/C=C\CCCCC)OC(=O)CCCCCCCCCCCCCCCCC. The molecule has 0 heterocycles. The van der Waals surface area contributed by atoms with Crippen LogP contribution in [0.25, 0.3) is 0 Å². The number of hydrogen-bond acceptors (Lipinski definition) is 5. The summed E-state index contributed by atoms with van der Waals surface area (Å²) in [7, 11) is 0. The van der Waals surface area contributed by atoms with Crippen LogP contribution < -0.4 is 0 Å². The first kappa shape index (κ1) is 63.1. The van der Waals surface area contributed by atoms with Crippen molar-refractivity contribution in [3.8, 4) is 0 Å². The van der Waals surface area contributed by atoms with Crippen LogP contribution in [-0.2, 0) is 23.8 Å². The van der Waals surface area contributed by atoms with E-state index in [0.29, 0.717) is 19.4 Å². The maximum Gasteiger partial charge on any atom is 0.306 e. The quantitative estimate of drug-likeness (QED) is 0.0346. The molecule has 1 unspecified atom stereocenters. The van der Waals surface area contributed by atoms with Crippen molar-refractivity contribution in [1.82, 2.24) is 0 Å². The van der Waals surface area contributed by atoms with Gasteiger partial charge in [-0.3, -0.25) is 9.59 Å². The molecule has 0 saturated carbocycles. The van der Waals surface area contributed by atoms with Crippen LogP contribution in [0.1, 0.15) is 265 Å². The van der Waals surface area contributed by atoms with Crippen LogP contribution in [0, 0.1) is 0 Å². The van der Waals surface area contributed by atoms with Crippen LogP contribution >= 0.6 is 0 Å². The lowest BCUT2D eigenvalue weighted by Gasteiger charge is -2.18. The fourth-order valence-electron chi connectivity index (χ4n) is 7.74. The average Bonchev–Trinajstić information content (AvgIpc) is 3.32. The van der Waals surface area contributed by atoms with Crippen molar-refractivity contribution in [3.05, 3.63) is 85.1 Å². The summed E-state index contributed by atoms with van der Waals surface area (Å²) in [4.78, 5) is 25.5. The fraction of sp³-hybridized carbons (Fsp3) is 0.738. The van der Waals surface area contributed by atoms with Gasteiger partial charge in [-0.25, -0.2) is 0 Å². The zero-order valence-corrected chi connectivity index (χ0v) is 43.7. The van der Waals surface area contributed by atoms with Gasteiger partial charge >= 0.3 is 11.9 Å². The number of carbonyl (C=O) groups excluding carboxylic acids is 2. The molecule has 66 heavy (non-hydrogen) atoms. The van der Waals surface area contributed by atoms with Crippen molar-refractivity contribution in [1.29, 1.82) is 0 Å². The van der Waals surface area contributed by atoms with Gasteiger partial charge in [0.05, 0.1) is 6.61 Å². The van der Waals surface area contributed by atoms with E-state index in [0.717, 1.165) is 89.9 Å². The second-order valence-electron chi connectivity index (χ2n) is 18.5. The number of unbranched alkanes of at least 4 members (excludes halogenated alkanes) is 26. The number of hydrogen-bond donors (Lipinski definition) is 0. The van der Waals surface area contributed by atoms with E-state index < -0.39 is 6.10 Å². The molecule has 0 aromatic carbocycles. The molecule has 1 atom stereocenters. The van der Waals surface area contributed by atoms with Crippen LogP contribution in [-0.4, -0.2) is 37.9 Å². The second kappa shape index (κ2) is 56.4. The largest absolute Gasteiger partial charge is 0.462 e. The molecule has 0 saturated heterocycles. The fourth-order valence-corrected chi connectivity index (χ4v) is 7.74. The predicted octanol–water partition coefficient (Wildman–Crippen LogP) is 19.2. The zero-order valence-electron chi connectivity index (χ0n) is 43.7. The molecule has 0 aromatic rings. The van der Waals surface area contributed by atoms with Crippen LogP contribution in [0.15, 0.2) is 85.1 Å². The topological polar surface area (TPSA) is 61.8 Å². The van der Waals surface area contributed by atoms with Crippen LogP contribution in [0.3, 0.4) is 0 Å². The molecule has 0 aliphatic heterocycles.